The number of ether oxygens (including phenoxy) is 1. The fourth-order valence-electron chi connectivity index (χ4n) is 3.65. The minimum absolute atomic E-state index is 0.186. The molecular weight excluding hydrogens is 308 g/mol. The van der Waals surface area contributed by atoms with Gasteiger partial charge in [-0.25, -0.2) is 4.79 Å². The molecule has 24 heavy (non-hydrogen) atoms. The molecule has 6 heteroatoms. The first-order valence-corrected chi connectivity index (χ1v) is 8.03. The van der Waals surface area contributed by atoms with Crippen molar-refractivity contribution in [1.29, 1.82) is 0 Å². The summed E-state index contributed by atoms with van der Waals surface area (Å²) in [6.07, 6.45) is 2.80. The number of rotatable bonds is 5. The minimum atomic E-state index is -0.444. The van der Waals surface area contributed by atoms with Gasteiger partial charge in [-0.2, -0.15) is 0 Å². The van der Waals surface area contributed by atoms with Gasteiger partial charge in [-0.1, -0.05) is 36.4 Å². The third kappa shape index (κ3) is 2.79. The maximum absolute atomic E-state index is 12.5. The van der Waals surface area contributed by atoms with Crippen LogP contribution in [0.2, 0.25) is 0 Å². The van der Waals surface area contributed by atoms with Crippen LogP contribution in [-0.2, 0) is 20.9 Å². The number of imide groups is 1. The van der Waals surface area contributed by atoms with Crippen LogP contribution in [0, 0.1) is 5.92 Å². The summed E-state index contributed by atoms with van der Waals surface area (Å²) in [5, 5.41) is 0. The Hall–Kier alpha value is -2.63. The van der Waals surface area contributed by atoms with Crippen LogP contribution >= 0.6 is 0 Å². The standard InChI is InChI=1S/C18H20N2O4/c1-2-6-14-16-15(20(12-21)17(14)22)9-10-19(16)18(23)24-11-13-7-4-3-5-8-13/h2-5,7-8,12,14-16H,1,6,9-11H2/t14-,15+,16-/m1/s1. The molecule has 2 saturated heterocycles. The van der Waals surface area contributed by atoms with E-state index in [9.17, 15) is 14.4 Å². The molecule has 0 N–H and O–H groups in total. The molecule has 0 bridgehead atoms. The van der Waals surface area contributed by atoms with Crippen molar-refractivity contribution in [1.82, 2.24) is 9.80 Å². The summed E-state index contributed by atoms with van der Waals surface area (Å²) in [5.41, 5.74) is 0.904. The maximum Gasteiger partial charge on any atom is 0.410 e. The molecular formula is C18H20N2O4. The number of nitrogens with zero attached hydrogens (tertiary/aromatic N) is 2. The number of fused-ring (bicyclic) bond motifs is 1. The van der Waals surface area contributed by atoms with Crippen LogP contribution in [0.4, 0.5) is 4.79 Å². The lowest BCUT2D eigenvalue weighted by molar-refractivity contribution is -0.138. The molecule has 0 aromatic heterocycles. The Kier molecular flexibility index (Phi) is 4.64. The normalized spacial score (nSPS) is 25.5. The third-order valence-corrected chi connectivity index (χ3v) is 4.73. The molecule has 6 nitrogen and oxygen atoms in total. The van der Waals surface area contributed by atoms with Gasteiger partial charge in [0.15, 0.2) is 0 Å². The van der Waals surface area contributed by atoms with E-state index in [4.69, 9.17) is 4.74 Å². The molecule has 2 fully saturated rings. The predicted octanol–water partition coefficient (Wildman–Crippen LogP) is 1.96. The highest BCUT2D eigenvalue weighted by molar-refractivity contribution is 5.92. The van der Waals surface area contributed by atoms with E-state index in [0.717, 1.165) is 5.56 Å². The largest absolute Gasteiger partial charge is 0.445 e. The van der Waals surface area contributed by atoms with E-state index in [1.54, 1.807) is 11.0 Å². The van der Waals surface area contributed by atoms with Gasteiger partial charge in [0.2, 0.25) is 12.3 Å². The van der Waals surface area contributed by atoms with Crippen LogP contribution in [0.3, 0.4) is 0 Å². The lowest BCUT2D eigenvalue weighted by atomic mass is 9.96. The van der Waals surface area contributed by atoms with Crippen LogP contribution in [0.15, 0.2) is 43.0 Å². The first kappa shape index (κ1) is 16.2. The fraction of sp³-hybridized carbons (Fsp3) is 0.389. The number of benzene rings is 1. The topological polar surface area (TPSA) is 66.9 Å². The van der Waals surface area contributed by atoms with Crippen molar-refractivity contribution in [3.63, 3.8) is 0 Å². The molecule has 3 rings (SSSR count). The molecule has 2 heterocycles. The van der Waals surface area contributed by atoms with Gasteiger partial charge in [0.25, 0.3) is 0 Å². The van der Waals surface area contributed by atoms with Crippen LogP contribution in [0.1, 0.15) is 18.4 Å². The molecule has 1 aromatic rings. The highest BCUT2D eigenvalue weighted by Gasteiger charge is 2.54. The van der Waals surface area contributed by atoms with Crippen molar-refractivity contribution in [2.75, 3.05) is 6.54 Å². The highest BCUT2D eigenvalue weighted by Crippen LogP contribution is 2.37. The Morgan fingerprint density at radius 2 is 2.08 bits per heavy atom. The van der Waals surface area contributed by atoms with Crippen LogP contribution in [-0.4, -0.2) is 46.8 Å². The summed E-state index contributed by atoms with van der Waals surface area (Å²) >= 11 is 0. The second-order valence-electron chi connectivity index (χ2n) is 6.06. The minimum Gasteiger partial charge on any atom is -0.445 e. The molecule has 3 amide bonds. The van der Waals surface area contributed by atoms with E-state index in [1.165, 1.54) is 4.90 Å². The zero-order chi connectivity index (χ0) is 17.1. The predicted molar refractivity (Wildman–Crippen MR) is 86.7 cm³/mol. The van der Waals surface area contributed by atoms with E-state index in [1.807, 2.05) is 30.3 Å². The summed E-state index contributed by atoms with van der Waals surface area (Å²) in [5.74, 6) is -0.662. The third-order valence-electron chi connectivity index (χ3n) is 4.73. The van der Waals surface area contributed by atoms with Crippen LogP contribution in [0.25, 0.3) is 0 Å². The summed E-state index contributed by atoms with van der Waals surface area (Å²) < 4.78 is 5.39. The molecule has 2 aliphatic heterocycles. The smallest absolute Gasteiger partial charge is 0.410 e. The summed E-state index contributed by atoms with van der Waals surface area (Å²) in [6, 6.07) is 8.84. The Morgan fingerprint density at radius 3 is 2.75 bits per heavy atom. The van der Waals surface area contributed by atoms with Gasteiger partial charge >= 0.3 is 6.09 Å². The van der Waals surface area contributed by atoms with Crippen molar-refractivity contribution >= 4 is 18.4 Å². The molecule has 2 aliphatic rings. The zero-order valence-electron chi connectivity index (χ0n) is 13.3. The van der Waals surface area contributed by atoms with Gasteiger partial charge in [0, 0.05) is 6.54 Å². The van der Waals surface area contributed by atoms with Crippen LogP contribution < -0.4 is 0 Å². The van der Waals surface area contributed by atoms with Crippen molar-refractivity contribution in [2.24, 2.45) is 5.92 Å². The number of carbonyl (C=O) groups excluding carboxylic acids is 3. The number of amides is 3. The number of carbonyl (C=O) groups is 3. The molecule has 0 unspecified atom stereocenters. The molecule has 0 radical (unpaired) electrons. The van der Waals surface area contributed by atoms with Gasteiger partial charge in [0.05, 0.1) is 18.0 Å². The van der Waals surface area contributed by atoms with Crippen molar-refractivity contribution in [2.45, 2.75) is 31.5 Å². The second-order valence-corrected chi connectivity index (χ2v) is 6.06. The summed E-state index contributed by atoms with van der Waals surface area (Å²) in [6.45, 7) is 4.34. The number of hydrogen-bond donors (Lipinski definition) is 0. The van der Waals surface area contributed by atoms with Gasteiger partial charge in [-0.3, -0.25) is 14.5 Å². The lowest BCUT2D eigenvalue weighted by Gasteiger charge is -2.26. The van der Waals surface area contributed by atoms with Crippen molar-refractivity contribution < 1.29 is 19.1 Å². The summed E-state index contributed by atoms with van der Waals surface area (Å²) in [7, 11) is 0. The quantitative estimate of drug-likeness (QED) is 0.612. The average Bonchev–Trinajstić information content (AvgIpc) is 3.13. The lowest BCUT2D eigenvalue weighted by Crippen LogP contribution is -2.42. The molecule has 126 valence electrons. The Bertz CT molecular complexity index is 646. The molecule has 0 aliphatic carbocycles. The van der Waals surface area contributed by atoms with E-state index >= 15 is 0 Å². The first-order chi connectivity index (χ1) is 11.7. The van der Waals surface area contributed by atoms with Crippen molar-refractivity contribution in [3.8, 4) is 0 Å². The molecule has 3 atom stereocenters. The molecule has 0 saturated carbocycles. The Morgan fingerprint density at radius 1 is 1.33 bits per heavy atom. The first-order valence-electron chi connectivity index (χ1n) is 8.03. The Balaban J connectivity index is 1.71. The highest BCUT2D eigenvalue weighted by atomic mass is 16.6. The maximum atomic E-state index is 12.5. The number of likely N-dealkylation sites (tertiary alicyclic amines) is 2. The van der Waals surface area contributed by atoms with E-state index in [-0.39, 0.29) is 24.6 Å². The van der Waals surface area contributed by atoms with Gasteiger partial charge in [0.1, 0.15) is 6.61 Å². The van der Waals surface area contributed by atoms with Gasteiger partial charge in [-0.15, -0.1) is 6.58 Å². The van der Waals surface area contributed by atoms with Crippen LogP contribution in [0.5, 0.6) is 0 Å². The zero-order valence-corrected chi connectivity index (χ0v) is 13.3. The second kappa shape index (κ2) is 6.86. The molecule has 0 spiro atoms. The fourth-order valence-corrected chi connectivity index (χ4v) is 3.65. The average molecular weight is 328 g/mol. The van der Waals surface area contributed by atoms with Gasteiger partial charge < -0.3 is 9.64 Å². The Labute approximate surface area is 140 Å². The summed E-state index contributed by atoms with van der Waals surface area (Å²) in [4.78, 5) is 38.9. The van der Waals surface area contributed by atoms with E-state index < -0.39 is 12.0 Å². The van der Waals surface area contributed by atoms with Gasteiger partial charge in [-0.05, 0) is 18.4 Å². The van der Waals surface area contributed by atoms with Crippen molar-refractivity contribution in [3.05, 3.63) is 48.6 Å². The van der Waals surface area contributed by atoms with E-state index in [2.05, 4.69) is 6.58 Å². The number of hydrogen-bond acceptors (Lipinski definition) is 4. The number of allylic oxidation sites excluding steroid dienone is 1. The SMILES string of the molecule is C=CC[C@H]1C(=O)N(C=O)[C@H]2CCN(C(=O)OCc3ccccc3)[C@H]12. The monoisotopic (exact) mass is 328 g/mol. The van der Waals surface area contributed by atoms with E-state index in [0.29, 0.717) is 25.8 Å². The molecule has 1 aromatic carbocycles.